The lowest BCUT2D eigenvalue weighted by Crippen LogP contribution is -2.45. The minimum atomic E-state index is -0.624. The van der Waals surface area contributed by atoms with E-state index in [-0.39, 0.29) is 17.2 Å². The molecule has 0 saturated carbocycles. The molecule has 0 radical (unpaired) electrons. The van der Waals surface area contributed by atoms with Gasteiger partial charge in [0.1, 0.15) is 22.9 Å². The number of piperazine rings is 1. The smallest absolute Gasteiger partial charge is 0.229 e. The van der Waals surface area contributed by atoms with Crippen LogP contribution in [0, 0.1) is 11.6 Å². The first kappa shape index (κ1) is 24.8. The van der Waals surface area contributed by atoms with Crippen molar-refractivity contribution >= 4 is 22.8 Å². The van der Waals surface area contributed by atoms with Crippen LogP contribution in [0.25, 0.3) is 22.3 Å². The number of rotatable bonds is 6. The number of halogens is 2. The highest BCUT2D eigenvalue weighted by Crippen LogP contribution is 2.38. The predicted octanol–water partition coefficient (Wildman–Crippen LogP) is 4.73. The standard InChI is InChI=1S/C28H32F2N8/c1-4-36-9-11-37(12-10-36)17-18-5-6-23(31-15-18)33-27-32-16-21(30)25(35-27)19-13-20(29)26-22(14-19)38-24(34-26)7-8-28(38,2)3/h5-6,13-16H,4,7-12,17H2,1-3H3,(H,31,32,33,35). The molecule has 3 aromatic heterocycles. The number of likely N-dealkylation sites (N-methyl/N-ethyl adjacent to an activating group) is 1. The van der Waals surface area contributed by atoms with Gasteiger partial charge < -0.3 is 14.8 Å². The van der Waals surface area contributed by atoms with Crippen LogP contribution in [0.3, 0.4) is 0 Å². The van der Waals surface area contributed by atoms with Crippen LogP contribution < -0.4 is 5.32 Å². The monoisotopic (exact) mass is 518 g/mol. The van der Waals surface area contributed by atoms with Gasteiger partial charge in [-0.3, -0.25) is 4.90 Å². The highest BCUT2D eigenvalue weighted by Gasteiger charge is 2.33. The van der Waals surface area contributed by atoms with E-state index in [0.29, 0.717) is 22.4 Å². The van der Waals surface area contributed by atoms with Crippen LogP contribution in [0.2, 0.25) is 0 Å². The Morgan fingerprint density at radius 3 is 2.47 bits per heavy atom. The summed E-state index contributed by atoms with van der Waals surface area (Å²) >= 11 is 0. The normalized spacial score (nSPS) is 17.7. The Bertz CT molecular complexity index is 1470. The number of benzene rings is 1. The van der Waals surface area contributed by atoms with Crippen molar-refractivity contribution in [2.24, 2.45) is 0 Å². The molecule has 10 heteroatoms. The van der Waals surface area contributed by atoms with Crippen LogP contribution in [-0.2, 0) is 18.5 Å². The first-order valence-electron chi connectivity index (χ1n) is 13.2. The van der Waals surface area contributed by atoms with Gasteiger partial charge in [0, 0.05) is 56.4 Å². The largest absolute Gasteiger partial charge is 0.322 e. The number of aryl methyl sites for hydroxylation is 1. The van der Waals surface area contributed by atoms with Gasteiger partial charge in [0.2, 0.25) is 5.95 Å². The number of aromatic nitrogens is 5. The molecule has 0 amide bonds. The van der Waals surface area contributed by atoms with Gasteiger partial charge in [-0.05, 0) is 50.6 Å². The second-order valence-electron chi connectivity index (χ2n) is 10.8. The molecule has 8 nitrogen and oxygen atoms in total. The number of nitrogens with zero attached hydrogens (tertiary/aromatic N) is 7. The van der Waals surface area contributed by atoms with Crippen molar-refractivity contribution < 1.29 is 8.78 Å². The van der Waals surface area contributed by atoms with Gasteiger partial charge in [0.05, 0.1) is 11.7 Å². The maximum Gasteiger partial charge on any atom is 0.229 e. The van der Waals surface area contributed by atoms with Crippen molar-refractivity contribution in [2.75, 3.05) is 38.0 Å². The van der Waals surface area contributed by atoms with E-state index in [0.717, 1.165) is 69.7 Å². The van der Waals surface area contributed by atoms with Gasteiger partial charge in [0.25, 0.3) is 0 Å². The molecule has 0 aliphatic carbocycles. The maximum atomic E-state index is 15.1. The lowest BCUT2D eigenvalue weighted by Gasteiger charge is -2.33. The third-order valence-electron chi connectivity index (χ3n) is 7.75. The first-order chi connectivity index (χ1) is 18.3. The molecule has 1 N–H and O–H groups in total. The summed E-state index contributed by atoms with van der Waals surface area (Å²) in [5, 5.41) is 3.06. The third-order valence-corrected chi connectivity index (χ3v) is 7.75. The topological polar surface area (TPSA) is 75.0 Å². The molecule has 6 rings (SSSR count). The number of imidazole rings is 1. The average molecular weight is 519 g/mol. The molecule has 1 fully saturated rings. The van der Waals surface area contributed by atoms with Crippen molar-refractivity contribution in [1.82, 2.24) is 34.3 Å². The summed E-state index contributed by atoms with van der Waals surface area (Å²) in [5.74, 6) is 0.484. The van der Waals surface area contributed by atoms with Gasteiger partial charge in [-0.1, -0.05) is 13.0 Å². The molecule has 2 aliphatic heterocycles. The predicted molar refractivity (Wildman–Crippen MR) is 143 cm³/mol. The Morgan fingerprint density at radius 2 is 1.74 bits per heavy atom. The van der Waals surface area contributed by atoms with Crippen molar-refractivity contribution in [3.8, 4) is 11.3 Å². The van der Waals surface area contributed by atoms with Crippen LogP contribution in [0.1, 0.15) is 38.6 Å². The Hall–Kier alpha value is -3.50. The SMILES string of the molecule is CCN1CCN(Cc2ccc(Nc3ncc(F)c(-c4cc(F)c5nc6n(c5c4)C(C)(C)CC6)n3)nc2)CC1. The van der Waals surface area contributed by atoms with E-state index in [1.165, 1.54) is 6.07 Å². The zero-order chi connectivity index (χ0) is 26.4. The average Bonchev–Trinajstić information content (AvgIpc) is 3.44. The van der Waals surface area contributed by atoms with Crippen LogP contribution in [0.5, 0.6) is 0 Å². The van der Waals surface area contributed by atoms with E-state index >= 15 is 4.39 Å². The molecular formula is C28H32F2N8. The van der Waals surface area contributed by atoms with E-state index in [9.17, 15) is 4.39 Å². The fourth-order valence-corrected chi connectivity index (χ4v) is 5.55. The second kappa shape index (κ2) is 9.67. The molecule has 2 aliphatic rings. The zero-order valence-corrected chi connectivity index (χ0v) is 22.0. The summed E-state index contributed by atoms with van der Waals surface area (Å²) < 4.78 is 32.0. The molecule has 5 heterocycles. The summed E-state index contributed by atoms with van der Waals surface area (Å²) in [6.45, 7) is 12.6. The summed E-state index contributed by atoms with van der Waals surface area (Å²) in [6, 6.07) is 6.95. The molecule has 198 valence electrons. The first-order valence-corrected chi connectivity index (χ1v) is 13.2. The lowest BCUT2D eigenvalue weighted by atomic mass is 10.0. The number of pyridine rings is 1. The Balaban J connectivity index is 1.22. The van der Waals surface area contributed by atoms with E-state index < -0.39 is 11.6 Å². The molecule has 0 unspecified atom stereocenters. The molecule has 1 saturated heterocycles. The molecule has 1 aromatic carbocycles. The van der Waals surface area contributed by atoms with Crippen LogP contribution in [0.15, 0.2) is 36.7 Å². The van der Waals surface area contributed by atoms with Gasteiger partial charge in [-0.15, -0.1) is 0 Å². The van der Waals surface area contributed by atoms with Crippen molar-refractivity contribution in [2.45, 2.75) is 45.7 Å². The number of hydrogen-bond donors (Lipinski definition) is 1. The quantitative estimate of drug-likeness (QED) is 0.396. The van der Waals surface area contributed by atoms with Gasteiger partial charge in [-0.2, -0.15) is 0 Å². The highest BCUT2D eigenvalue weighted by molar-refractivity contribution is 5.83. The van der Waals surface area contributed by atoms with Crippen LogP contribution in [-0.4, -0.2) is 67.0 Å². The lowest BCUT2D eigenvalue weighted by molar-refractivity contribution is 0.132. The Labute approximate surface area is 220 Å². The second-order valence-corrected chi connectivity index (χ2v) is 10.8. The molecule has 38 heavy (non-hydrogen) atoms. The third kappa shape index (κ3) is 4.63. The summed E-state index contributed by atoms with van der Waals surface area (Å²) in [7, 11) is 0. The minimum Gasteiger partial charge on any atom is -0.322 e. The number of anilines is 2. The van der Waals surface area contributed by atoms with Crippen molar-refractivity contribution in [3.05, 3.63) is 59.7 Å². The van der Waals surface area contributed by atoms with Gasteiger partial charge in [-0.25, -0.2) is 28.7 Å². The van der Waals surface area contributed by atoms with Gasteiger partial charge in [0.15, 0.2) is 11.6 Å². The van der Waals surface area contributed by atoms with Crippen molar-refractivity contribution in [1.29, 1.82) is 0 Å². The summed E-state index contributed by atoms with van der Waals surface area (Å²) in [4.78, 5) is 22.4. The van der Waals surface area contributed by atoms with Crippen LogP contribution in [0.4, 0.5) is 20.5 Å². The Kier molecular flexibility index (Phi) is 6.31. The molecule has 4 aromatic rings. The fraction of sp³-hybridized carbons (Fsp3) is 0.429. The number of nitrogens with one attached hydrogen (secondary N) is 1. The Morgan fingerprint density at radius 1 is 0.947 bits per heavy atom. The van der Waals surface area contributed by atoms with E-state index in [4.69, 9.17) is 0 Å². The van der Waals surface area contributed by atoms with E-state index in [2.05, 4.69) is 60.4 Å². The van der Waals surface area contributed by atoms with Crippen LogP contribution >= 0.6 is 0 Å². The number of hydrogen-bond acceptors (Lipinski definition) is 7. The number of fused-ring (bicyclic) bond motifs is 3. The highest BCUT2D eigenvalue weighted by atomic mass is 19.1. The zero-order valence-electron chi connectivity index (χ0n) is 22.0. The van der Waals surface area contributed by atoms with Crippen molar-refractivity contribution in [3.63, 3.8) is 0 Å². The molecule has 0 atom stereocenters. The maximum absolute atomic E-state index is 15.1. The minimum absolute atomic E-state index is 0.0255. The van der Waals surface area contributed by atoms with E-state index in [1.807, 2.05) is 18.3 Å². The molecular weight excluding hydrogens is 486 g/mol. The summed E-state index contributed by atoms with van der Waals surface area (Å²) in [5.41, 5.74) is 2.26. The molecule has 0 bridgehead atoms. The molecule has 0 spiro atoms. The fourth-order valence-electron chi connectivity index (χ4n) is 5.55. The van der Waals surface area contributed by atoms with E-state index in [1.54, 1.807) is 6.07 Å². The summed E-state index contributed by atoms with van der Waals surface area (Å²) in [6.07, 6.45) is 4.65. The van der Waals surface area contributed by atoms with Gasteiger partial charge >= 0.3 is 0 Å².